The number of hydrogen-bond acceptors (Lipinski definition) is 4. The molecule has 0 aliphatic heterocycles. The average Bonchev–Trinajstić information content (AvgIpc) is 2.73. The Labute approximate surface area is 174 Å². The molecule has 0 aliphatic carbocycles. The summed E-state index contributed by atoms with van der Waals surface area (Å²) >= 11 is 1.41. The molecular weight excluding hydrogens is 378 g/mol. The van der Waals surface area contributed by atoms with E-state index in [1.807, 2.05) is 42.5 Å². The highest BCUT2D eigenvalue weighted by Crippen LogP contribution is 2.24. The topological polar surface area (TPSA) is 54.4 Å². The van der Waals surface area contributed by atoms with E-state index in [-0.39, 0.29) is 11.7 Å². The molecule has 0 radical (unpaired) electrons. The fraction of sp³-hybridized carbons (Fsp3) is 0.125. The molecule has 144 valence electrons. The van der Waals surface area contributed by atoms with Crippen molar-refractivity contribution < 1.29 is 4.79 Å². The molecule has 1 aromatic heterocycles. The molecule has 0 bridgehead atoms. The number of rotatable bonds is 5. The minimum Gasteiger partial charge on any atom is -0.272 e. The molecule has 0 spiro atoms. The van der Waals surface area contributed by atoms with Crippen LogP contribution in [0.15, 0.2) is 76.9 Å². The van der Waals surface area contributed by atoms with Gasteiger partial charge in [0.1, 0.15) is 0 Å². The van der Waals surface area contributed by atoms with Gasteiger partial charge in [-0.3, -0.25) is 4.79 Å². The molecule has 0 fully saturated rings. The Morgan fingerprint density at radius 1 is 1.03 bits per heavy atom. The molecule has 1 amide bonds. The highest BCUT2D eigenvalue weighted by molar-refractivity contribution is 7.99. The number of nitrogens with one attached hydrogen (secondary N) is 1. The monoisotopic (exact) mass is 399 g/mol. The first-order valence-corrected chi connectivity index (χ1v) is 10.4. The molecule has 0 aliphatic rings. The SMILES string of the molecule is Cc1ccc2nc(SCC(=O)NN=Cc3cccc4ccccc34)cc(C)c2c1. The lowest BCUT2D eigenvalue weighted by Crippen LogP contribution is -2.19. The van der Waals surface area contributed by atoms with E-state index in [4.69, 9.17) is 0 Å². The number of carbonyl (C=O) groups is 1. The highest BCUT2D eigenvalue weighted by atomic mass is 32.2. The number of hydrogen-bond donors (Lipinski definition) is 1. The molecule has 0 saturated heterocycles. The molecule has 5 heteroatoms. The first-order chi connectivity index (χ1) is 14.1. The highest BCUT2D eigenvalue weighted by Gasteiger charge is 2.07. The van der Waals surface area contributed by atoms with Crippen LogP contribution in [-0.4, -0.2) is 22.9 Å². The third-order valence-electron chi connectivity index (χ3n) is 4.71. The number of carbonyl (C=O) groups excluding carboxylic acids is 1. The molecule has 4 nitrogen and oxygen atoms in total. The van der Waals surface area contributed by atoms with Crippen molar-refractivity contribution in [3.8, 4) is 0 Å². The van der Waals surface area contributed by atoms with Gasteiger partial charge in [-0.25, -0.2) is 10.4 Å². The van der Waals surface area contributed by atoms with E-state index >= 15 is 0 Å². The van der Waals surface area contributed by atoms with E-state index < -0.39 is 0 Å². The van der Waals surface area contributed by atoms with Gasteiger partial charge in [0.05, 0.1) is 22.5 Å². The van der Waals surface area contributed by atoms with Crippen LogP contribution in [-0.2, 0) is 4.79 Å². The molecule has 0 atom stereocenters. The van der Waals surface area contributed by atoms with E-state index in [1.165, 1.54) is 17.3 Å². The van der Waals surface area contributed by atoms with Crippen LogP contribution in [0.25, 0.3) is 21.7 Å². The zero-order valence-electron chi connectivity index (χ0n) is 16.3. The van der Waals surface area contributed by atoms with Crippen molar-refractivity contribution in [2.45, 2.75) is 18.9 Å². The van der Waals surface area contributed by atoms with E-state index in [0.29, 0.717) is 0 Å². The van der Waals surface area contributed by atoms with Gasteiger partial charge in [0.25, 0.3) is 0 Å². The lowest BCUT2D eigenvalue weighted by molar-refractivity contribution is -0.118. The van der Waals surface area contributed by atoms with E-state index in [9.17, 15) is 4.79 Å². The predicted molar refractivity (Wildman–Crippen MR) is 122 cm³/mol. The van der Waals surface area contributed by atoms with Crippen molar-refractivity contribution in [1.29, 1.82) is 0 Å². The summed E-state index contributed by atoms with van der Waals surface area (Å²) in [5.74, 6) is 0.103. The molecule has 3 aromatic carbocycles. The number of aryl methyl sites for hydroxylation is 2. The maximum absolute atomic E-state index is 12.2. The number of thioether (sulfide) groups is 1. The zero-order valence-corrected chi connectivity index (χ0v) is 17.2. The van der Waals surface area contributed by atoms with Crippen LogP contribution in [0.1, 0.15) is 16.7 Å². The average molecular weight is 400 g/mol. The molecule has 4 aromatic rings. The second kappa shape index (κ2) is 8.45. The van der Waals surface area contributed by atoms with Crippen molar-refractivity contribution in [2.75, 3.05) is 5.75 Å². The quantitative estimate of drug-likeness (QED) is 0.283. The molecule has 1 heterocycles. The van der Waals surface area contributed by atoms with Crippen LogP contribution < -0.4 is 5.43 Å². The molecule has 1 N–H and O–H groups in total. The summed E-state index contributed by atoms with van der Waals surface area (Å²) in [6.45, 7) is 4.15. The van der Waals surface area contributed by atoms with Gasteiger partial charge in [0.15, 0.2) is 0 Å². The van der Waals surface area contributed by atoms with E-state index in [0.717, 1.165) is 37.8 Å². The van der Waals surface area contributed by atoms with Crippen molar-refractivity contribution in [3.63, 3.8) is 0 Å². The second-order valence-electron chi connectivity index (χ2n) is 6.95. The van der Waals surface area contributed by atoms with Crippen molar-refractivity contribution in [1.82, 2.24) is 10.4 Å². The molecule has 4 rings (SSSR count). The summed E-state index contributed by atoms with van der Waals surface area (Å²) in [5, 5.41) is 8.36. The molecular formula is C24H21N3OS. The summed E-state index contributed by atoms with van der Waals surface area (Å²) in [7, 11) is 0. The fourth-order valence-corrected chi connectivity index (χ4v) is 4.03. The van der Waals surface area contributed by atoms with Crippen LogP contribution in [0.4, 0.5) is 0 Å². The first-order valence-electron chi connectivity index (χ1n) is 9.40. The number of hydrazone groups is 1. The predicted octanol–water partition coefficient (Wildman–Crippen LogP) is 5.25. The van der Waals surface area contributed by atoms with Gasteiger partial charge in [-0.2, -0.15) is 5.10 Å². The van der Waals surface area contributed by atoms with Gasteiger partial charge < -0.3 is 0 Å². The Hall–Kier alpha value is -3.18. The summed E-state index contributed by atoms with van der Waals surface area (Å²) in [4.78, 5) is 16.8. The minimum atomic E-state index is -0.157. The number of benzene rings is 3. The maximum Gasteiger partial charge on any atom is 0.250 e. The Kier molecular flexibility index (Phi) is 5.58. The maximum atomic E-state index is 12.2. The van der Waals surface area contributed by atoms with E-state index in [2.05, 4.69) is 53.6 Å². The Morgan fingerprint density at radius 2 is 1.86 bits per heavy atom. The number of nitrogens with zero attached hydrogens (tertiary/aromatic N) is 2. The second-order valence-corrected chi connectivity index (χ2v) is 7.94. The number of pyridine rings is 1. The van der Waals surface area contributed by atoms with Crippen LogP contribution in [0, 0.1) is 13.8 Å². The summed E-state index contributed by atoms with van der Waals surface area (Å²) in [6.07, 6.45) is 1.69. The largest absolute Gasteiger partial charge is 0.272 e. The number of amides is 1. The third-order valence-corrected chi connectivity index (χ3v) is 5.63. The van der Waals surface area contributed by atoms with Crippen molar-refractivity contribution in [2.24, 2.45) is 5.10 Å². The van der Waals surface area contributed by atoms with Gasteiger partial charge in [0, 0.05) is 10.9 Å². The summed E-state index contributed by atoms with van der Waals surface area (Å²) in [6, 6.07) is 22.4. The Balaban J connectivity index is 1.39. The summed E-state index contributed by atoms with van der Waals surface area (Å²) in [5.41, 5.74) is 6.91. The van der Waals surface area contributed by atoms with Crippen LogP contribution in [0.5, 0.6) is 0 Å². The Bertz CT molecular complexity index is 1230. The normalized spacial score (nSPS) is 11.4. The van der Waals surface area contributed by atoms with Gasteiger partial charge in [-0.1, -0.05) is 65.9 Å². The minimum absolute atomic E-state index is 0.157. The van der Waals surface area contributed by atoms with Gasteiger partial charge in [0.2, 0.25) is 5.91 Å². The Morgan fingerprint density at radius 3 is 2.76 bits per heavy atom. The molecule has 0 unspecified atom stereocenters. The van der Waals surface area contributed by atoms with Crippen molar-refractivity contribution >= 4 is 45.6 Å². The number of fused-ring (bicyclic) bond motifs is 2. The fourth-order valence-electron chi connectivity index (χ4n) is 3.26. The zero-order chi connectivity index (χ0) is 20.2. The smallest absolute Gasteiger partial charge is 0.250 e. The number of aromatic nitrogens is 1. The standard InChI is InChI=1S/C24H21N3OS/c1-16-10-11-22-21(12-16)17(2)13-24(26-22)29-15-23(28)27-25-14-19-8-5-7-18-6-3-4-9-20(18)19/h3-14H,15H2,1-2H3,(H,27,28). The van der Waals surface area contributed by atoms with Crippen molar-refractivity contribution in [3.05, 3.63) is 83.4 Å². The van der Waals surface area contributed by atoms with Crippen LogP contribution in [0.3, 0.4) is 0 Å². The molecule has 29 heavy (non-hydrogen) atoms. The first kappa shape index (κ1) is 19.2. The van der Waals surface area contributed by atoms with E-state index in [1.54, 1.807) is 6.21 Å². The van der Waals surface area contributed by atoms with Crippen LogP contribution in [0.2, 0.25) is 0 Å². The summed E-state index contributed by atoms with van der Waals surface area (Å²) < 4.78 is 0. The van der Waals surface area contributed by atoms with Gasteiger partial charge >= 0.3 is 0 Å². The van der Waals surface area contributed by atoms with Crippen LogP contribution >= 0.6 is 11.8 Å². The third kappa shape index (κ3) is 4.46. The lowest BCUT2D eigenvalue weighted by Gasteiger charge is -2.07. The lowest BCUT2D eigenvalue weighted by atomic mass is 10.1. The van der Waals surface area contributed by atoms with Gasteiger partial charge in [-0.05, 0) is 48.4 Å². The van der Waals surface area contributed by atoms with Gasteiger partial charge in [-0.15, -0.1) is 0 Å². The molecule has 0 saturated carbocycles.